The van der Waals surface area contributed by atoms with Gasteiger partial charge in [0.25, 0.3) is 16.0 Å². The first-order chi connectivity index (χ1) is 16.6. The average Bonchev–Trinajstić information content (AvgIpc) is 2.82. The fourth-order valence-electron chi connectivity index (χ4n) is 3.20. The number of rotatable bonds is 11. The summed E-state index contributed by atoms with van der Waals surface area (Å²) < 4.78 is 34.6. The number of pyridine rings is 1. The molecule has 0 unspecified atom stereocenters. The highest BCUT2D eigenvalue weighted by atomic mass is 35.5. The van der Waals surface area contributed by atoms with Crippen molar-refractivity contribution in [3.63, 3.8) is 0 Å². The Morgan fingerprint density at radius 1 is 1.03 bits per heavy atom. The van der Waals surface area contributed by atoms with Gasteiger partial charge in [-0.05, 0) is 29.7 Å². The molecule has 1 amide bonds. The Bertz CT molecular complexity index is 1340. The van der Waals surface area contributed by atoms with Gasteiger partial charge in [0.1, 0.15) is 6.61 Å². The van der Waals surface area contributed by atoms with Gasteiger partial charge in [0.15, 0.2) is 11.4 Å². The van der Waals surface area contributed by atoms with Crippen molar-refractivity contribution >= 4 is 39.2 Å². The number of carbonyl (C=O) groups excluding carboxylic acids is 1. The Balaban J connectivity index is 1.85. The van der Waals surface area contributed by atoms with Crippen molar-refractivity contribution < 1.29 is 22.1 Å². The summed E-state index contributed by atoms with van der Waals surface area (Å²) in [6.07, 6.45) is 2.71. The number of ether oxygens (including phenoxy) is 1. The number of halogens is 2. The molecule has 11 heteroatoms. The lowest BCUT2D eigenvalue weighted by Crippen LogP contribution is -2.30. The van der Waals surface area contributed by atoms with Crippen LogP contribution < -0.4 is 15.5 Å². The molecule has 35 heavy (non-hydrogen) atoms. The number of hydrogen-bond donors (Lipinski definition) is 1. The van der Waals surface area contributed by atoms with Crippen molar-refractivity contribution in [1.82, 2.24) is 9.88 Å². The minimum absolute atomic E-state index is 0.0212. The first-order valence-electron chi connectivity index (χ1n) is 10.6. The molecule has 1 aromatic heterocycles. The molecule has 0 radical (unpaired) electrons. The largest absolute Gasteiger partial charge is 0.483 e. The van der Waals surface area contributed by atoms with Crippen LogP contribution in [0.5, 0.6) is 5.75 Å². The number of carbonyl (C=O) groups is 1. The molecule has 0 spiro atoms. The molecule has 0 saturated carbocycles. The minimum atomic E-state index is -3.59. The Morgan fingerprint density at radius 2 is 1.77 bits per heavy atom. The van der Waals surface area contributed by atoms with Crippen molar-refractivity contribution in [2.75, 3.05) is 12.9 Å². The van der Waals surface area contributed by atoms with Crippen LogP contribution >= 0.6 is 23.2 Å². The smallest absolute Gasteiger partial charge is 0.272 e. The summed E-state index contributed by atoms with van der Waals surface area (Å²) in [4.78, 5) is 25.9. The van der Waals surface area contributed by atoms with Crippen LogP contribution in [0.1, 0.15) is 28.0 Å². The van der Waals surface area contributed by atoms with Gasteiger partial charge in [-0.2, -0.15) is 8.42 Å². The van der Waals surface area contributed by atoms with Gasteiger partial charge in [-0.25, -0.2) is 0 Å². The molecular weight excluding hydrogens is 515 g/mol. The topological polar surface area (TPSA) is 104 Å². The van der Waals surface area contributed by atoms with Gasteiger partial charge in [-0.3, -0.25) is 13.8 Å². The number of nitrogens with one attached hydrogen (secondary N) is 1. The quantitative estimate of drug-likeness (QED) is 0.292. The molecule has 8 nitrogen and oxygen atoms in total. The monoisotopic (exact) mass is 538 g/mol. The van der Waals surface area contributed by atoms with Crippen LogP contribution in [-0.4, -0.2) is 31.8 Å². The van der Waals surface area contributed by atoms with E-state index in [1.807, 2.05) is 30.3 Å². The summed E-state index contributed by atoms with van der Waals surface area (Å²) >= 11 is 12.0. The molecule has 1 N–H and O–H groups in total. The molecule has 0 aliphatic carbocycles. The predicted octanol–water partition coefficient (Wildman–Crippen LogP) is 4.03. The van der Waals surface area contributed by atoms with Gasteiger partial charge >= 0.3 is 0 Å². The Hall–Kier alpha value is -2.85. The van der Waals surface area contributed by atoms with E-state index >= 15 is 0 Å². The van der Waals surface area contributed by atoms with Crippen molar-refractivity contribution in [1.29, 1.82) is 0 Å². The number of benzene rings is 2. The Morgan fingerprint density at radius 3 is 2.46 bits per heavy atom. The van der Waals surface area contributed by atoms with Gasteiger partial charge in [0.05, 0.1) is 22.9 Å². The fraction of sp³-hybridized carbons (Fsp3) is 0.250. The minimum Gasteiger partial charge on any atom is -0.483 e. The third-order valence-electron chi connectivity index (χ3n) is 4.85. The van der Waals surface area contributed by atoms with Crippen LogP contribution in [-0.2, 0) is 34.0 Å². The van der Waals surface area contributed by atoms with Crippen LogP contribution in [0.15, 0.2) is 65.6 Å². The average molecular weight is 539 g/mol. The van der Waals surface area contributed by atoms with E-state index in [0.29, 0.717) is 15.6 Å². The molecular formula is C24H24Cl2N2O6S. The van der Waals surface area contributed by atoms with Crippen LogP contribution in [0.25, 0.3) is 0 Å². The second-order valence-electron chi connectivity index (χ2n) is 7.64. The zero-order chi connectivity index (χ0) is 25.4. The van der Waals surface area contributed by atoms with E-state index in [9.17, 15) is 18.0 Å². The van der Waals surface area contributed by atoms with Gasteiger partial charge in [0, 0.05) is 25.4 Å². The van der Waals surface area contributed by atoms with E-state index < -0.39 is 21.5 Å². The maximum absolute atomic E-state index is 13.2. The van der Waals surface area contributed by atoms with E-state index in [1.54, 1.807) is 18.2 Å². The normalized spacial score (nSPS) is 11.3. The third-order valence-corrected chi connectivity index (χ3v) is 6.18. The summed E-state index contributed by atoms with van der Waals surface area (Å²) in [5.41, 5.74) is 1.11. The van der Waals surface area contributed by atoms with Crippen LogP contribution in [0.4, 0.5) is 0 Å². The molecule has 0 saturated heterocycles. The molecule has 3 rings (SSSR count). The molecule has 0 fully saturated rings. The van der Waals surface area contributed by atoms with Crippen molar-refractivity contribution in [2.24, 2.45) is 0 Å². The number of hydrogen-bond acceptors (Lipinski definition) is 6. The van der Waals surface area contributed by atoms with Crippen LogP contribution in [0.3, 0.4) is 0 Å². The van der Waals surface area contributed by atoms with Crippen molar-refractivity contribution in [3.8, 4) is 5.75 Å². The molecule has 1 heterocycles. The Kier molecular flexibility index (Phi) is 9.33. The van der Waals surface area contributed by atoms with E-state index in [2.05, 4.69) is 5.32 Å². The standard InChI is InChI=1S/C24H24Cl2N2O6S/c1-35(31,32)34-13-5-11-28-12-10-21(29)23(33-16-17-6-3-2-4-7-17)22(28)24(30)27-15-18-8-9-19(25)20(26)14-18/h2-4,6-10,12,14H,5,11,13,15-16H2,1H3,(H,27,30). The Labute approximate surface area is 213 Å². The van der Waals surface area contributed by atoms with E-state index in [0.717, 1.165) is 11.8 Å². The van der Waals surface area contributed by atoms with E-state index in [-0.39, 0.29) is 44.2 Å². The lowest BCUT2D eigenvalue weighted by molar-refractivity contribution is 0.0934. The molecule has 0 aliphatic heterocycles. The van der Waals surface area contributed by atoms with Crippen molar-refractivity contribution in [3.05, 3.63) is 97.9 Å². The van der Waals surface area contributed by atoms with Crippen LogP contribution in [0, 0.1) is 0 Å². The summed E-state index contributed by atoms with van der Waals surface area (Å²) in [7, 11) is -3.59. The number of aryl methyl sites for hydroxylation is 1. The SMILES string of the molecule is CS(=O)(=O)OCCCn1ccc(=O)c(OCc2ccccc2)c1C(=O)NCc1ccc(Cl)c(Cl)c1. The van der Waals surface area contributed by atoms with Crippen molar-refractivity contribution in [2.45, 2.75) is 26.1 Å². The van der Waals surface area contributed by atoms with E-state index in [4.69, 9.17) is 32.1 Å². The molecule has 0 atom stereocenters. The molecule has 3 aromatic rings. The fourth-order valence-corrected chi connectivity index (χ4v) is 3.95. The lowest BCUT2D eigenvalue weighted by Gasteiger charge is -2.17. The maximum atomic E-state index is 13.2. The second kappa shape index (κ2) is 12.2. The molecule has 0 bridgehead atoms. The summed E-state index contributed by atoms with van der Waals surface area (Å²) in [6.45, 7) is 0.362. The molecule has 0 aliphatic rings. The van der Waals surface area contributed by atoms with Gasteiger partial charge < -0.3 is 14.6 Å². The second-order valence-corrected chi connectivity index (χ2v) is 10.1. The molecule has 186 valence electrons. The van der Waals surface area contributed by atoms with Gasteiger partial charge in [-0.1, -0.05) is 59.6 Å². The molecule has 2 aromatic carbocycles. The number of amides is 1. The van der Waals surface area contributed by atoms with Crippen LogP contribution in [0.2, 0.25) is 10.0 Å². The van der Waals surface area contributed by atoms with E-state index in [1.165, 1.54) is 16.8 Å². The van der Waals surface area contributed by atoms with Gasteiger partial charge in [0.2, 0.25) is 5.43 Å². The first-order valence-corrected chi connectivity index (χ1v) is 13.2. The highest BCUT2D eigenvalue weighted by molar-refractivity contribution is 7.85. The number of nitrogens with zero attached hydrogens (tertiary/aromatic N) is 1. The number of aromatic nitrogens is 1. The van der Waals surface area contributed by atoms with Gasteiger partial charge in [-0.15, -0.1) is 0 Å². The zero-order valence-corrected chi connectivity index (χ0v) is 21.2. The highest BCUT2D eigenvalue weighted by Crippen LogP contribution is 2.23. The first kappa shape index (κ1) is 26.7. The maximum Gasteiger partial charge on any atom is 0.272 e. The predicted molar refractivity (Wildman–Crippen MR) is 135 cm³/mol. The highest BCUT2D eigenvalue weighted by Gasteiger charge is 2.20. The third kappa shape index (κ3) is 8.10. The summed E-state index contributed by atoms with van der Waals surface area (Å²) in [5.74, 6) is -0.645. The summed E-state index contributed by atoms with van der Waals surface area (Å²) in [5, 5.41) is 3.52. The summed E-state index contributed by atoms with van der Waals surface area (Å²) in [6, 6.07) is 15.5. The zero-order valence-electron chi connectivity index (χ0n) is 18.9. The lowest BCUT2D eigenvalue weighted by atomic mass is 10.2.